The summed E-state index contributed by atoms with van der Waals surface area (Å²) in [6.07, 6.45) is 3.05. The zero-order valence-electron chi connectivity index (χ0n) is 13.2. The van der Waals surface area contributed by atoms with Gasteiger partial charge in [-0.1, -0.05) is 12.1 Å². The Morgan fingerprint density at radius 2 is 2.08 bits per heavy atom. The number of ether oxygens (including phenoxy) is 1. The summed E-state index contributed by atoms with van der Waals surface area (Å²) in [5, 5.41) is 3.65. The Labute approximate surface area is 138 Å². The minimum Gasteiger partial charge on any atom is -0.492 e. The molecule has 1 aromatic heterocycles. The molecule has 0 N–H and O–H groups in total. The summed E-state index contributed by atoms with van der Waals surface area (Å²) in [6.45, 7) is 1.42. The molecule has 8 heteroatoms. The normalized spacial score (nSPS) is 14.6. The fourth-order valence-corrected chi connectivity index (χ4v) is 3.81. The third-order valence-corrected chi connectivity index (χ3v) is 5.78. The Hall–Kier alpha value is -2.22. The number of carbonyl (C=O) groups is 1. The maximum Gasteiger partial charge on any atom is 0.199 e. The van der Waals surface area contributed by atoms with Crippen molar-refractivity contribution in [1.29, 1.82) is 0 Å². The highest BCUT2D eigenvalue weighted by Crippen LogP contribution is 2.42. The van der Waals surface area contributed by atoms with Gasteiger partial charge in [-0.15, -0.1) is 0 Å². The van der Waals surface area contributed by atoms with Crippen molar-refractivity contribution in [3.63, 3.8) is 0 Å². The minimum atomic E-state index is -3.88. The number of benzene rings is 1. The number of nitrogens with zero attached hydrogens (tertiary/aromatic N) is 1. The molecule has 0 bridgehead atoms. The lowest BCUT2D eigenvalue weighted by Gasteiger charge is -2.13. The first-order chi connectivity index (χ1) is 11.4. The number of hydrogen-bond donors (Lipinski definition) is 0. The molecule has 1 aliphatic rings. The van der Waals surface area contributed by atoms with Crippen LogP contribution in [0.5, 0.6) is 5.75 Å². The van der Waals surface area contributed by atoms with Gasteiger partial charge in [0, 0.05) is 11.5 Å². The molecule has 6 nitrogen and oxygen atoms in total. The molecule has 0 atom stereocenters. The Morgan fingerprint density at radius 3 is 2.67 bits per heavy atom. The van der Waals surface area contributed by atoms with Gasteiger partial charge in [0.05, 0.1) is 24.6 Å². The van der Waals surface area contributed by atoms with Gasteiger partial charge in [0.1, 0.15) is 4.90 Å². The molecule has 0 aliphatic heterocycles. The number of hydrogen-bond acceptors (Lipinski definition) is 6. The van der Waals surface area contributed by atoms with Gasteiger partial charge in [0.15, 0.2) is 32.9 Å². The molecular formula is C16H16FNO5S. The molecule has 1 aliphatic carbocycles. The van der Waals surface area contributed by atoms with Crippen LogP contribution in [0.4, 0.5) is 4.39 Å². The lowest BCUT2D eigenvalue weighted by Crippen LogP contribution is -2.15. The number of aromatic nitrogens is 1. The molecule has 24 heavy (non-hydrogen) atoms. The van der Waals surface area contributed by atoms with Crippen LogP contribution in [0.25, 0.3) is 0 Å². The molecule has 0 amide bonds. The topological polar surface area (TPSA) is 86.5 Å². The van der Waals surface area contributed by atoms with E-state index in [4.69, 9.17) is 9.26 Å². The second-order valence-corrected chi connectivity index (χ2v) is 7.78. The van der Waals surface area contributed by atoms with E-state index in [0.717, 1.165) is 32.1 Å². The monoisotopic (exact) mass is 353 g/mol. The van der Waals surface area contributed by atoms with Crippen LogP contribution in [0, 0.1) is 5.82 Å². The smallest absolute Gasteiger partial charge is 0.199 e. The second-order valence-electron chi connectivity index (χ2n) is 5.57. The SMILES string of the molecule is CCS(=O)(=O)c1c(C(=O)c2cnoc2C2CC2)ccc(F)c1OC. The van der Waals surface area contributed by atoms with Gasteiger partial charge in [-0.2, -0.15) is 0 Å². The van der Waals surface area contributed by atoms with Gasteiger partial charge in [-0.3, -0.25) is 4.79 Å². The van der Waals surface area contributed by atoms with E-state index in [9.17, 15) is 17.6 Å². The molecule has 1 aromatic carbocycles. The van der Waals surface area contributed by atoms with Crippen LogP contribution in [0.15, 0.2) is 27.7 Å². The Bertz CT molecular complexity index is 899. The van der Waals surface area contributed by atoms with Gasteiger partial charge in [0.25, 0.3) is 0 Å². The van der Waals surface area contributed by atoms with Crippen LogP contribution >= 0.6 is 0 Å². The Morgan fingerprint density at radius 1 is 1.38 bits per heavy atom. The first kappa shape index (κ1) is 16.6. The van der Waals surface area contributed by atoms with Crippen molar-refractivity contribution in [1.82, 2.24) is 5.16 Å². The minimum absolute atomic E-state index is 0.125. The molecule has 0 spiro atoms. The molecule has 1 saturated carbocycles. The van der Waals surface area contributed by atoms with Gasteiger partial charge in [-0.05, 0) is 25.0 Å². The van der Waals surface area contributed by atoms with Crippen molar-refractivity contribution in [3.05, 3.63) is 41.0 Å². The van der Waals surface area contributed by atoms with E-state index in [1.807, 2.05) is 0 Å². The van der Waals surface area contributed by atoms with E-state index in [0.29, 0.717) is 5.76 Å². The summed E-state index contributed by atoms with van der Waals surface area (Å²) in [7, 11) is -2.72. The molecule has 128 valence electrons. The molecule has 1 fully saturated rings. The summed E-state index contributed by atoms with van der Waals surface area (Å²) >= 11 is 0. The predicted molar refractivity (Wildman–Crippen MR) is 82.6 cm³/mol. The lowest BCUT2D eigenvalue weighted by atomic mass is 10.0. The zero-order valence-corrected chi connectivity index (χ0v) is 14.0. The molecule has 0 radical (unpaired) electrons. The maximum absolute atomic E-state index is 14.0. The molecular weight excluding hydrogens is 337 g/mol. The maximum atomic E-state index is 14.0. The first-order valence-electron chi connectivity index (χ1n) is 7.49. The first-order valence-corrected chi connectivity index (χ1v) is 9.14. The molecule has 3 rings (SSSR count). The number of rotatable bonds is 6. The lowest BCUT2D eigenvalue weighted by molar-refractivity contribution is 0.103. The number of sulfone groups is 1. The fraction of sp³-hybridized carbons (Fsp3) is 0.375. The van der Waals surface area contributed by atoms with E-state index >= 15 is 0 Å². The van der Waals surface area contributed by atoms with E-state index in [1.165, 1.54) is 13.1 Å². The van der Waals surface area contributed by atoms with Crippen LogP contribution in [0.1, 0.15) is 47.4 Å². The highest BCUT2D eigenvalue weighted by Gasteiger charge is 2.35. The summed E-state index contributed by atoms with van der Waals surface area (Å²) < 4.78 is 48.9. The Balaban J connectivity index is 2.20. The molecule has 0 saturated heterocycles. The molecule has 2 aromatic rings. The van der Waals surface area contributed by atoms with E-state index in [1.54, 1.807) is 0 Å². The van der Waals surface area contributed by atoms with Crippen LogP contribution in [-0.4, -0.2) is 32.2 Å². The van der Waals surface area contributed by atoms with Crippen molar-refractivity contribution in [2.75, 3.05) is 12.9 Å². The summed E-state index contributed by atoms with van der Waals surface area (Å²) in [5.41, 5.74) is 0.0684. The van der Waals surface area contributed by atoms with Crippen molar-refractivity contribution in [3.8, 4) is 5.75 Å². The largest absolute Gasteiger partial charge is 0.492 e. The predicted octanol–water partition coefficient (Wildman–Crippen LogP) is 2.72. The van der Waals surface area contributed by atoms with Crippen LogP contribution in [0.2, 0.25) is 0 Å². The zero-order chi connectivity index (χ0) is 17.5. The molecule has 1 heterocycles. The van der Waals surface area contributed by atoms with Crippen molar-refractivity contribution >= 4 is 15.6 Å². The van der Waals surface area contributed by atoms with E-state index in [2.05, 4.69) is 5.16 Å². The quantitative estimate of drug-likeness (QED) is 0.742. The Kier molecular flexibility index (Phi) is 4.16. The number of ketones is 1. The van der Waals surface area contributed by atoms with Gasteiger partial charge in [-0.25, -0.2) is 12.8 Å². The van der Waals surface area contributed by atoms with Crippen molar-refractivity contribution in [2.24, 2.45) is 0 Å². The van der Waals surface area contributed by atoms with Crippen LogP contribution in [0.3, 0.4) is 0 Å². The summed E-state index contributed by atoms with van der Waals surface area (Å²) in [4.78, 5) is 12.5. The highest BCUT2D eigenvalue weighted by molar-refractivity contribution is 7.91. The molecule has 0 unspecified atom stereocenters. The van der Waals surface area contributed by atoms with Crippen molar-refractivity contribution in [2.45, 2.75) is 30.6 Å². The third-order valence-electron chi connectivity index (χ3n) is 3.99. The fourth-order valence-electron chi connectivity index (χ4n) is 2.56. The highest BCUT2D eigenvalue weighted by atomic mass is 32.2. The number of carbonyl (C=O) groups excluding carboxylic acids is 1. The number of methoxy groups -OCH3 is 1. The second kappa shape index (κ2) is 6.01. The van der Waals surface area contributed by atoms with Crippen LogP contribution < -0.4 is 4.74 Å². The third kappa shape index (κ3) is 2.71. The average molecular weight is 353 g/mol. The van der Waals surface area contributed by atoms with Gasteiger partial charge >= 0.3 is 0 Å². The van der Waals surface area contributed by atoms with E-state index in [-0.39, 0.29) is 22.8 Å². The van der Waals surface area contributed by atoms with Gasteiger partial charge < -0.3 is 9.26 Å². The number of halogens is 1. The van der Waals surface area contributed by atoms with Gasteiger partial charge in [0.2, 0.25) is 0 Å². The van der Waals surface area contributed by atoms with Crippen LogP contribution in [-0.2, 0) is 9.84 Å². The summed E-state index contributed by atoms with van der Waals surface area (Å²) in [5.74, 6) is -1.57. The standard InChI is InChI=1S/C16H16FNO5S/c1-3-24(20,21)16-10(6-7-12(17)15(16)22-2)13(19)11-8-18-23-14(11)9-4-5-9/h6-9H,3-5H2,1-2H3. The van der Waals surface area contributed by atoms with E-state index < -0.39 is 32.1 Å². The average Bonchev–Trinajstić information content (AvgIpc) is 3.30. The van der Waals surface area contributed by atoms with Crippen molar-refractivity contribution < 1.29 is 26.9 Å². The summed E-state index contributed by atoms with van der Waals surface area (Å²) in [6, 6.07) is 2.18.